The molecule has 1 N–H and O–H groups in total. The highest BCUT2D eigenvalue weighted by atomic mass is 16.5. The molecule has 0 aromatic heterocycles. The monoisotopic (exact) mass is 327 g/mol. The van der Waals surface area contributed by atoms with E-state index in [4.69, 9.17) is 4.74 Å². The van der Waals surface area contributed by atoms with Gasteiger partial charge < -0.3 is 10.1 Å². The molecule has 0 rings (SSSR count). The fraction of sp³-hybridized carbons (Fsp3) is 0.895. The molecule has 4 heteroatoms. The number of carbonyl (C=O) groups excluding carboxylic acids is 2. The van der Waals surface area contributed by atoms with Gasteiger partial charge in [0.05, 0.1) is 19.1 Å². The Hall–Kier alpha value is -0.900. The van der Waals surface area contributed by atoms with Gasteiger partial charge in [0, 0.05) is 6.54 Å². The predicted octanol–water partition coefficient (Wildman–Crippen LogP) is 4.41. The highest BCUT2D eigenvalue weighted by Crippen LogP contribution is 2.10. The Morgan fingerprint density at radius 3 is 1.96 bits per heavy atom. The molecule has 0 saturated carbocycles. The third-order valence-corrected chi connectivity index (χ3v) is 4.15. The van der Waals surface area contributed by atoms with Crippen LogP contribution in [0.3, 0.4) is 0 Å². The van der Waals surface area contributed by atoms with Crippen molar-refractivity contribution in [2.24, 2.45) is 0 Å². The summed E-state index contributed by atoms with van der Waals surface area (Å²) in [5.41, 5.74) is 0. The zero-order valence-corrected chi connectivity index (χ0v) is 15.5. The molecule has 0 aromatic rings. The molecule has 0 aliphatic heterocycles. The quantitative estimate of drug-likeness (QED) is 0.337. The van der Waals surface area contributed by atoms with E-state index in [1.807, 2.05) is 0 Å². The first-order valence-electron chi connectivity index (χ1n) is 9.47. The number of nitrogens with one attached hydrogen (secondary N) is 1. The van der Waals surface area contributed by atoms with Gasteiger partial charge in [-0.3, -0.25) is 9.59 Å². The summed E-state index contributed by atoms with van der Waals surface area (Å²) in [7, 11) is 0. The minimum Gasteiger partial charge on any atom is -0.466 e. The number of carbonyl (C=O) groups is 2. The minimum absolute atomic E-state index is 0.0868. The third kappa shape index (κ3) is 15.8. The zero-order valence-electron chi connectivity index (χ0n) is 15.5. The summed E-state index contributed by atoms with van der Waals surface area (Å²) in [6, 6.07) is -0.190. The van der Waals surface area contributed by atoms with Crippen LogP contribution < -0.4 is 5.32 Å². The fourth-order valence-corrected chi connectivity index (χ4v) is 2.38. The molecule has 136 valence electrons. The van der Waals surface area contributed by atoms with Crippen molar-refractivity contribution in [3.05, 3.63) is 0 Å². The number of ether oxygens (including phenoxy) is 1. The van der Waals surface area contributed by atoms with Crippen LogP contribution in [-0.4, -0.2) is 30.9 Å². The first-order valence-corrected chi connectivity index (χ1v) is 9.47. The lowest BCUT2D eigenvalue weighted by Crippen LogP contribution is -2.34. The summed E-state index contributed by atoms with van der Waals surface area (Å²) in [4.78, 5) is 22.5. The van der Waals surface area contributed by atoms with Crippen molar-refractivity contribution in [2.75, 3.05) is 13.2 Å². The summed E-state index contributed by atoms with van der Waals surface area (Å²) < 4.78 is 5.19. The van der Waals surface area contributed by atoms with Gasteiger partial charge in [0.1, 0.15) is 5.78 Å². The van der Waals surface area contributed by atoms with Gasteiger partial charge in [-0.05, 0) is 20.3 Å². The first kappa shape index (κ1) is 22.1. The highest BCUT2D eigenvalue weighted by Gasteiger charge is 2.08. The van der Waals surface area contributed by atoms with E-state index in [1.165, 1.54) is 51.4 Å². The Kier molecular flexibility index (Phi) is 15.4. The van der Waals surface area contributed by atoms with Crippen LogP contribution in [0.25, 0.3) is 0 Å². The van der Waals surface area contributed by atoms with Crippen LogP contribution in [0.4, 0.5) is 0 Å². The molecule has 0 spiro atoms. The van der Waals surface area contributed by atoms with Gasteiger partial charge in [-0.2, -0.15) is 0 Å². The van der Waals surface area contributed by atoms with Crippen molar-refractivity contribution in [3.63, 3.8) is 0 Å². The van der Waals surface area contributed by atoms with Crippen LogP contribution in [0.1, 0.15) is 91.4 Å². The molecule has 0 aliphatic carbocycles. The van der Waals surface area contributed by atoms with E-state index in [-0.39, 0.29) is 17.8 Å². The van der Waals surface area contributed by atoms with Crippen LogP contribution in [-0.2, 0) is 14.3 Å². The van der Waals surface area contributed by atoms with E-state index in [0.717, 1.165) is 12.8 Å². The van der Waals surface area contributed by atoms with Gasteiger partial charge in [0.25, 0.3) is 0 Å². The van der Waals surface area contributed by atoms with Crippen molar-refractivity contribution in [1.29, 1.82) is 0 Å². The van der Waals surface area contributed by atoms with Crippen molar-refractivity contribution < 1.29 is 14.3 Å². The summed E-state index contributed by atoms with van der Waals surface area (Å²) >= 11 is 0. The van der Waals surface area contributed by atoms with Crippen LogP contribution in [0.5, 0.6) is 0 Å². The molecule has 0 fully saturated rings. The Morgan fingerprint density at radius 2 is 1.43 bits per heavy atom. The Morgan fingerprint density at radius 1 is 0.913 bits per heavy atom. The maximum atomic E-state index is 11.5. The Balaban J connectivity index is 3.25. The van der Waals surface area contributed by atoms with E-state index >= 15 is 0 Å². The molecule has 1 unspecified atom stereocenters. The SMILES string of the molecule is CCCCCCCCCCCCOC(=O)CCNC(C)C(C)=O. The van der Waals surface area contributed by atoms with Crippen molar-refractivity contribution in [1.82, 2.24) is 5.32 Å². The number of hydrogen-bond donors (Lipinski definition) is 1. The smallest absolute Gasteiger partial charge is 0.307 e. The van der Waals surface area contributed by atoms with Crippen LogP contribution in [0.2, 0.25) is 0 Å². The number of hydrogen-bond acceptors (Lipinski definition) is 4. The molecule has 4 nitrogen and oxygen atoms in total. The molecule has 0 bridgehead atoms. The van der Waals surface area contributed by atoms with Gasteiger partial charge >= 0.3 is 5.97 Å². The minimum atomic E-state index is -0.190. The van der Waals surface area contributed by atoms with Gasteiger partial charge in [0.15, 0.2) is 0 Å². The molecule has 1 atom stereocenters. The number of unbranched alkanes of at least 4 members (excludes halogenated alkanes) is 9. The lowest BCUT2D eigenvalue weighted by molar-refractivity contribution is -0.143. The van der Waals surface area contributed by atoms with Crippen molar-refractivity contribution in [2.45, 2.75) is 97.4 Å². The molecule has 0 aliphatic rings. The lowest BCUT2D eigenvalue weighted by atomic mass is 10.1. The zero-order chi connectivity index (χ0) is 17.3. The van der Waals surface area contributed by atoms with E-state index in [9.17, 15) is 9.59 Å². The summed E-state index contributed by atoms with van der Waals surface area (Å²) in [5.74, 6) is -0.0899. The second-order valence-corrected chi connectivity index (χ2v) is 6.44. The second kappa shape index (κ2) is 16.0. The number of ketones is 1. The van der Waals surface area contributed by atoms with Gasteiger partial charge in [-0.1, -0.05) is 64.7 Å². The Bertz CT molecular complexity index is 305. The molecule has 0 saturated heterocycles. The first-order chi connectivity index (χ1) is 11.1. The third-order valence-electron chi connectivity index (χ3n) is 4.15. The molecule has 0 amide bonds. The number of rotatable bonds is 16. The summed E-state index contributed by atoms with van der Waals surface area (Å²) in [5, 5.41) is 3.01. The molecule has 0 aromatic carbocycles. The highest BCUT2D eigenvalue weighted by molar-refractivity contribution is 5.81. The lowest BCUT2D eigenvalue weighted by Gasteiger charge is -2.10. The molecule has 0 radical (unpaired) electrons. The summed E-state index contributed by atoms with van der Waals surface area (Å²) in [6.45, 7) is 6.61. The average molecular weight is 328 g/mol. The average Bonchev–Trinajstić information content (AvgIpc) is 2.52. The van der Waals surface area contributed by atoms with Gasteiger partial charge in [-0.15, -0.1) is 0 Å². The molecule has 0 heterocycles. The maximum absolute atomic E-state index is 11.5. The fourth-order valence-electron chi connectivity index (χ4n) is 2.38. The summed E-state index contributed by atoms with van der Waals surface area (Å²) in [6.07, 6.45) is 13.1. The molecular formula is C19H37NO3. The molecular weight excluding hydrogens is 290 g/mol. The standard InChI is InChI=1S/C19H37NO3/c1-4-5-6-7-8-9-10-11-12-13-16-23-19(22)14-15-20-17(2)18(3)21/h17,20H,4-16H2,1-3H3. The van der Waals surface area contributed by atoms with E-state index in [2.05, 4.69) is 12.2 Å². The topological polar surface area (TPSA) is 55.4 Å². The van der Waals surface area contributed by atoms with Crippen LogP contribution >= 0.6 is 0 Å². The van der Waals surface area contributed by atoms with E-state index in [1.54, 1.807) is 13.8 Å². The van der Waals surface area contributed by atoms with Crippen molar-refractivity contribution >= 4 is 11.8 Å². The van der Waals surface area contributed by atoms with E-state index in [0.29, 0.717) is 19.6 Å². The Labute approximate surface area is 142 Å². The maximum Gasteiger partial charge on any atom is 0.307 e. The van der Waals surface area contributed by atoms with Gasteiger partial charge in [-0.25, -0.2) is 0 Å². The van der Waals surface area contributed by atoms with Crippen LogP contribution in [0, 0.1) is 0 Å². The second-order valence-electron chi connectivity index (χ2n) is 6.44. The predicted molar refractivity (Wildman–Crippen MR) is 95.6 cm³/mol. The van der Waals surface area contributed by atoms with Gasteiger partial charge in [0.2, 0.25) is 0 Å². The molecule has 23 heavy (non-hydrogen) atoms. The largest absolute Gasteiger partial charge is 0.466 e. The normalized spacial score (nSPS) is 12.1. The van der Waals surface area contributed by atoms with Crippen LogP contribution in [0.15, 0.2) is 0 Å². The van der Waals surface area contributed by atoms with E-state index < -0.39 is 0 Å². The number of esters is 1. The van der Waals surface area contributed by atoms with Crippen molar-refractivity contribution in [3.8, 4) is 0 Å². The number of Topliss-reactive ketones (excluding diaryl/α,β-unsaturated/α-hetero) is 1.